The summed E-state index contributed by atoms with van der Waals surface area (Å²) >= 11 is 1.71. The first-order valence-corrected chi connectivity index (χ1v) is 13.3. The first kappa shape index (κ1) is 25.3. The Bertz CT molecular complexity index is 1540. The number of carbonyl (C=O) groups is 1. The standard InChI is InChI=1S/C29H29N7OS/c30-14-16-35(26-5-1-2-15-33-26)29(37)22-11-12-25-24(18-22)34-27(36(25)19-23-4-3-17-38-23)13-8-20-6-9-21(10-7-20)28(31)32/h1-7,9-12,15,17-18H,8,13-14,16,19,30H2,(H3,31,32). The van der Waals surface area contributed by atoms with E-state index in [2.05, 4.69) is 27.1 Å². The van der Waals surface area contributed by atoms with Crippen LogP contribution in [0.1, 0.15) is 32.2 Å². The van der Waals surface area contributed by atoms with Gasteiger partial charge in [-0.25, -0.2) is 9.97 Å². The summed E-state index contributed by atoms with van der Waals surface area (Å²) in [4.78, 5) is 25.7. The first-order valence-electron chi connectivity index (χ1n) is 12.4. The van der Waals surface area contributed by atoms with Crippen LogP contribution in [0.25, 0.3) is 11.0 Å². The Labute approximate surface area is 225 Å². The van der Waals surface area contributed by atoms with Crippen LogP contribution in [0, 0.1) is 5.41 Å². The van der Waals surface area contributed by atoms with Gasteiger partial charge in [0.15, 0.2) is 0 Å². The summed E-state index contributed by atoms with van der Waals surface area (Å²) in [7, 11) is 0. The van der Waals surface area contributed by atoms with Crippen molar-refractivity contribution in [2.24, 2.45) is 11.5 Å². The van der Waals surface area contributed by atoms with Gasteiger partial charge in [0.25, 0.3) is 5.91 Å². The van der Waals surface area contributed by atoms with Crippen LogP contribution in [-0.2, 0) is 19.4 Å². The number of nitrogens with one attached hydrogen (secondary N) is 1. The van der Waals surface area contributed by atoms with Gasteiger partial charge in [0.05, 0.1) is 17.6 Å². The Morgan fingerprint density at radius 1 is 1.00 bits per heavy atom. The minimum absolute atomic E-state index is 0.0627. The van der Waals surface area contributed by atoms with Gasteiger partial charge in [-0.2, -0.15) is 0 Å². The molecule has 0 unspecified atom stereocenters. The molecular weight excluding hydrogens is 494 g/mol. The van der Waals surface area contributed by atoms with Gasteiger partial charge >= 0.3 is 0 Å². The number of aromatic nitrogens is 3. The molecule has 0 fully saturated rings. The number of fused-ring (bicyclic) bond motifs is 1. The van der Waals surface area contributed by atoms with E-state index in [-0.39, 0.29) is 11.7 Å². The van der Waals surface area contributed by atoms with Crippen molar-refractivity contribution in [3.63, 3.8) is 0 Å². The summed E-state index contributed by atoms with van der Waals surface area (Å²) in [5.74, 6) is 1.43. The van der Waals surface area contributed by atoms with Crippen LogP contribution in [0.5, 0.6) is 0 Å². The quantitative estimate of drug-likeness (QED) is 0.187. The van der Waals surface area contributed by atoms with E-state index in [9.17, 15) is 4.79 Å². The second-order valence-electron chi connectivity index (χ2n) is 8.94. The Kier molecular flexibility index (Phi) is 7.57. The van der Waals surface area contributed by atoms with Crippen molar-refractivity contribution in [3.05, 3.63) is 112 Å². The highest BCUT2D eigenvalue weighted by molar-refractivity contribution is 7.09. The van der Waals surface area contributed by atoms with Crippen LogP contribution in [0.2, 0.25) is 0 Å². The first-order chi connectivity index (χ1) is 18.5. The summed E-state index contributed by atoms with van der Waals surface area (Å²) < 4.78 is 2.23. The van der Waals surface area contributed by atoms with Crippen LogP contribution < -0.4 is 16.4 Å². The third-order valence-electron chi connectivity index (χ3n) is 6.39. The lowest BCUT2D eigenvalue weighted by molar-refractivity contribution is 0.0987. The maximum absolute atomic E-state index is 13.5. The van der Waals surface area contributed by atoms with Crippen molar-refractivity contribution in [1.82, 2.24) is 14.5 Å². The van der Waals surface area contributed by atoms with Crippen molar-refractivity contribution in [2.45, 2.75) is 19.4 Å². The van der Waals surface area contributed by atoms with Gasteiger partial charge in [0, 0.05) is 41.7 Å². The van der Waals surface area contributed by atoms with Gasteiger partial charge in [-0.1, -0.05) is 36.4 Å². The fourth-order valence-corrected chi connectivity index (χ4v) is 5.16. The van der Waals surface area contributed by atoms with Crippen LogP contribution in [0.15, 0.2) is 84.4 Å². The molecule has 8 nitrogen and oxygen atoms in total. The summed E-state index contributed by atoms with van der Waals surface area (Å²) in [6, 6.07) is 23.1. The molecule has 0 aliphatic carbocycles. The van der Waals surface area contributed by atoms with Gasteiger partial charge in [0.1, 0.15) is 17.5 Å². The number of rotatable bonds is 10. The van der Waals surface area contributed by atoms with E-state index in [1.54, 1.807) is 22.4 Å². The lowest BCUT2D eigenvalue weighted by Gasteiger charge is -2.21. The number of amides is 1. The van der Waals surface area contributed by atoms with E-state index < -0.39 is 0 Å². The lowest BCUT2D eigenvalue weighted by Crippen LogP contribution is -2.36. The number of thiophene rings is 1. The molecule has 0 saturated heterocycles. The van der Waals surface area contributed by atoms with Gasteiger partial charge < -0.3 is 16.0 Å². The molecule has 3 aromatic heterocycles. The second kappa shape index (κ2) is 11.4. The molecule has 0 bridgehead atoms. The molecule has 0 saturated carbocycles. The highest BCUT2D eigenvalue weighted by atomic mass is 32.1. The Morgan fingerprint density at radius 2 is 1.82 bits per heavy atom. The highest BCUT2D eigenvalue weighted by Gasteiger charge is 2.20. The smallest absolute Gasteiger partial charge is 0.259 e. The zero-order valence-electron chi connectivity index (χ0n) is 20.9. The van der Waals surface area contributed by atoms with Gasteiger partial charge in [-0.05, 0) is 53.8 Å². The molecule has 5 aromatic rings. The van der Waals surface area contributed by atoms with Crippen molar-refractivity contribution in [3.8, 4) is 0 Å². The number of aryl methyl sites for hydroxylation is 2. The van der Waals surface area contributed by atoms with Crippen molar-refractivity contribution >= 4 is 39.9 Å². The van der Waals surface area contributed by atoms with Gasteiger partial charge in [-0.3, -0.25) is 15.1 Å². The molecule has 2 aromatic carbocycles. The number of imidazole rings is 1. The summed E-state index contributed by atoms with van der Waals surface area (Å²) in [6.07, 6.45) is 3.19. The predicted octanol–water partition coefficient (Wildman–Crippen LogP) is 4.22. The molecular formula is C29H29N7OS. The van der Waals surface area contributed by atoms with Crippen molar-refractivity contribution in [1.29, 1.82) is 5.41 Å². The van der Waals surface area contributed by atoms with E-state index >= 15 is 0 Å². The number of benzene rings is 2. The summed E-state index contributed by atoms with van der Waals surface area (Å²) in [5.41, 5.74) is 15.6. The minimum atomic E-state index is -0.157. The molecule has 0 atom stereocenters. The monoisotopic (exact) mass is 523 g/mol. The number of carbonyl (C=O) groups excluding carboxylic acids is 1. The van der Waals surface area contributed by atoms with Crippen LogP contribution in [-0.4, -0.2) is 39.4 Å². The molecule has 9 heteroatoms. The number of nitrogen functional groups attached to an aromatic ring is 1. The fourth-order valence-electron chi connectivity index (χ4n) is 4.46. The van der Waals surface area contributed by atoms with Crippen molar-refractivity contribution in [2.75, 3.05) is 18.0 Å². The van der Waals surface area contributed by atoms with Crippen LogP contribution in [0.4, 0.5) is 5.82 Å². The van der Waals surface area contributed by atoms with E-state index in [4.69, 9.17) is 21.9 Å². The number of anilines is 1. The molecule has 0 aliphatic heterocycles. The average molecular weight is 524 g/mol. The highest BCUT2D eigenvalue weighted by Crippen LogP contribution is 2.24. The fraction of sp³-hybridized carbons (Fsp3) is 0.172. The van der Waals surface area contributed by atoms with Gasteiger partial charge in [0.2, 0.25) is 0 Å². The SMILES string of the molecule is N=C(N)c1ccc(CCc2nc3cc(C(=O)N(CCN)c4ccccn4)ccc3n2Cc2cccs2)cc1. The average Bonchev–Trinajstić information content (AvgIpc) is 3.58. The maximum Gasteiger partial charge on any atom is 0.259 e. The molecule has 3 heterocycles. The lowest BCUT2D eigenvalue weighted by atomic mass is 10.1. The molecule has 5 rings (SSSR count). The number of pyridine rings is 1. The third kappa shape index (κ3) is 5.49. The number of nitrogens with zero attached hydrogens (tertiary/aromatic N) is 4. The van der Waals surface area contributed by atoms with E-state index in [1.165, 1.54) is 4.88 Å². The molecule has 0 aliphatic rings. The third-order valence-corrected chi connectivity index (χ3v) is 7.26. The maximum atomic E-state index is 13.5. The van der Waals surface area contributed by atoms with Crippen molar-refractivity contribution < 1.29 is 4.79 Å². The summed E-state index contributed by atoms with van der Waals surface area (Å²) in [6.45, 7) is 1.42. The molecule has 1 amide bonds. The Hall–Kier alpha value is -4.34. The number of hydrogen-bond donors (Lipinski definition) is 3. The molecule has 5 N–H and O–H groups in total. The second-order valence-corrected chi connectivity index (χ2v) is 9.97. The number of hydrogen-bond acceptors (Lipinski definition) is 6. The van der Waals surface area contributed by atoms with E-state index in [1.807, 2.05) is 60.7 Å². The number of nitrogens with two attached hydrogens (primary N) is 2. The number of amidine groups is 1. The molecule has 0 radical (unpaired) electrons. The summed E-state index contributed by atoms with van der Waals surface area (Å²) in [5, 5.41) is 9.68. The normalized spacial score (nSPS) is 11.1. The van der Waals surface area contributed by atoms with Crippen LogP contribution >= 0.6 is 11.3 Å². The molecule has 0 spiro atoms. The predicted molar refractivity (Wildman–Crippen MR) is 153 cm³/mol. The van der Waals surface area contributed by atoms with E-state index in [0.29, 0.717) is 36.6 Å². The largest absolute Gasteiger partial charge is 0.384 e. The Balaban J connectivity index is 1.46. The van der Waals surface area contributed by atoms with Crippen LogP contribution in [0.3, 0.4) is 0 Å². The van der Waals surface area contributed by atoms with E-state index in [0.717, 1.165) is 35.3 Å². The molecule has 192 valence electrons. The topological polar surface area (TPSA) is 127 Å². The minimum Gasteiger partial charge on any atom is -0.384 e. The zero-order chi connectivity index (χ0) is 26.5. The zero-order valence-corrected chi connectivity index (χ0v) is 21.7. The molecule has 38 heavy (non-hydrogen) atoms. The van der Waals surface area contributed by atoms with Gasteiger partial charge in [-0.15, -0.1) is 11.3 Å². The Morgan fingerprint density at radius 3 is 2.50 bits per heavy atom.